The van der Waals surface area contributed by atoms with Crippen LogP contribution in [0.4, 0.5) is 0 Å². The molecule has 2 heteroatoms. The maximum Gasteiger partial charge on any atom is 0.197 e. The Labute approximate surface area is 73.3 Å². The summed E-state index contributed by atoms with van der Waals surface area (Å²) in [5.41, 5.74) is 0.922. The largest absolute Gasteiger partial charge is 0.504 e. The zero-order valence-corrected chi connectivity index (χ0v) is 7.98. The van der Waals surface area contributed by atoms with Crippen molar-refractivity contribution in [1.29, 1.82) is 0 Å². The molecule has 12 heavy (non-hydrogen) atoms. The molecule has 1 N–H and O–H groups in total. The summed E-state index contributed by atoms with van der Waals surface area (Å²) in [6.45, 7) is 6.13. The zero-order chi connectivity index (χ0) is 9.35. The van der Waals surface area contributed by atoms with Gasteiger partial charge in [-0.3, -0.25) is 4.79 Å². The molecule has 1 aliphatic rings. The van der Waals surface area contributed by atoms with Crippen LogP contribution in [-0.4, -0.2) is 10.9 Å². The maximum atomic E-state index is 11.1. The third-order valence-corrected chi connectivity index (χ3v) is 2.70. The van der Waals surface area contributed by atoms with E-state index in [0.717, 1.165) is 18.4 Å². The van der Waals surface area contributed by atoms with E-state index >= 15 is 0 Å². The molecule has 0 fully saturated rings. The van der Waals surface area contributed by atoms with E-state index in [1.165, 1.54) is 0 Å². The van der Waals surface area contributed by atoms with Gasteiger partial charge in [0.15, 0.2) is 11.5 Å². The fourth-order valence-corrected chi connectivity index (χ4v) is 1.83. The van der Waals surface area contributed by atoms with Gasteiger partial charge in [-0.05, 0) is 23.8 Å². The maximum absolute atomic E-state index is 11.1. The van der Waals surface area contributed by atoms with Gasteiger partial charge in [-0.25, -0.2) is 0 Å². The van der Waals surface area contributed by atoms with E-state index in [1.807, 2.05) is 6.92 Å². The summed E-state index contributed by atoms with van der Waals surface area (Å²) in [5.74, 6) is -0.0695. The lowest BCUT2D eigenvalue weighted by Crippen LogP contribution is -2.25. The van der Waals surface area contributed by atoms with Crippen molar-refractivity contribution in [2.24, 2.45) is 5.41 Å². The molecule has 0 aromatic carbocycles. The smallest absolute Gasteiger partial charge is 0.197 e. The second kappa shape index (κ2) is 2.92. The number of hydrogen-bond acceptors (Lipinski definition) is 2. The summed E-state index contributed by atoms with van der Waals surface area (Å²) in [4.78, 5) is 11.1. The summed E-state index contributed by atoms with van der Waals surface area (Å²) in [5, 5.41) is 9.50. The molecule has 68 valence electrons. The highest BCUT2D eigenvalue weighted by Gasteiger charge is 2.32. The van der Waals surface area contributed by atoms with Crippen LogP contribution >= 0.6 is 0 Å². The average molecular weight is 168 g/mol. The minimum absolute atomic E-state index is 0.00669. The molecule has 2 nitrogen and oxygen atoms in total. The molecule has 0 amide bonds. The zero-order valence-electron chi connectivity index (χ0n) is 7.98. The van der Waals surface area contributed by atoms with Crippen LogP contribution in [0, 0.1) is 5.41 Å². The van der Waals surface area contributed by atoms with Gasteiger partial charge in [-0.1, -0.05) is 20.8 Å². The molecule has 0 radical (unpaired) electrons. The molecular formula is C10H16O2. The fraction of sp³-hybridized carbons (Fsp3) is 0.700. The van der Waals surface area contributed by atoms with Crippen molar-refractivity contribution >= 4 is 5.78 Å². The highest BCUT2D eigenvalue weighted by Crippen LogP contribution is 2.39. The number of aliphatic hydroxyl groups excluding tert-OH is 1. The number of carbonyl (C=O) groups is 1. The van der Waals surface area contributed by atoms with Crippen molar-refractivity contribution in [3.05, 3.63) is 11.3 Å². The van der Waals surface area contributed by atoms with Crippen LogP contribution in [0.5, 0.6) is 0 Å². The number of hydrogen-bond donors (Lipinski definition) is 1. The first-order chi connectivity index (χ1) is 5.49. The van der Waals surface area contributed by atoms with Crippen molar-refractivity contribution in [1.82, 2.24) is 0 Å². The Morgan fingerprint density at radius 2 is 2.08 bits per heavy atom. The summed E-state index contributed by atoms with van der Waals surface area (Å²) < 4.78 is 0. The fourth-order valence-electron chi connectivity index (χ4n) is 1.83. The second-order valence-corrected chi connectivity index (χ2v) is 3.99. The number of Topliss-reactive ketones (excluding diaryl/α,β-unsaturated/α-hetero) is 1. The van der Waals surface area contributed by atoms with Gasteiger partial charge >= 0.3 is 0 Å². The lowest BCUT2D eigenvalue weighted by molar-refractivity contribution is -0.119. The quantitative estimate of drug-likeness (QED) is 0.653. The minimum Gasteiger partial charge on any atom is -0.504 e. The Hall–Kier alpha value is -0.790. The van der Waals surface area contributed by atoms with Crippen LogP contribution in [0.15, 0.2) is 11.3 Å². The standard InChI is InChI=1S/C10H16O2/c1-4-7-9(12)8(11)5-6-10(7,2)3/h12H,4-6H2,1-3H3. The number of aliphatic hydroxyl groups is 1. The lowest BCUT2D eigenvalue weighted by atomic mass is 9.73. The third-order valence-electron chi connectivity index (χ3n) is 2.70. The Balaban J connectivity index is 3.09. The molecule has 0 atom stereocenters. The first-order valence-corrected chi connectivity index (χ1v) is 4.45. The summed E-state index contributed by atoms with van der Waals surface area (Å²) >= 11 is 0. The predicted molar refractivity (Wildman–Crippen MR) is 48.0 cm³/mol. The molecule has 0 spiro atoms. The van der Waals surface area contributed by atoms with Gasteiger partial charge in [-0.15, -0.1) is 0 Å². The van der Waals surface area contributed by atoms with Crippen molar-refractivity contribution in [2.45, 2.75) is 40.0 Å². The summed E-state index contributed by atoms with van der Waals surface area (Å²) in [7, 11) is 0. The van der Waals surface area contributed by atoms with E-state index in [0.29, 0.717) is 6.42 Å². The molecule has 0 bridgehead atoms. The normalized spacial score (nSPS) is 23.1. The van der Waals surface area contributed by atoms with Crippen LogP contribution in [0.1, 0.15) is 40.0 Å². The van der Waals surface area contributed by atoms with Gasteiger partial charge in [0, 0.05) is 6.42 Å². The van der Waals surface area contributed by atoms with Gasteiger partial charge in [0.05, 0.1) is 0 Å². The molecule has 0 aromatic heterocycles. The average Bonchev–Trinajstić information content (AvgIpc) is 1.99. The van der Waals surface area contributed by atoms with E-state index in [-0.39, 0.29) is 17.0 Å². The first kappa shape index (κ1) is 9.30. The van der Waals surface area contributed by atoms with Gasteiger partial charge in [0.2, 0.25) is 0 Å². The molecule has 0 aromatic rings. The highest BCUT2D eigenvalue weighted by atomic mass is 16.3. The van der Waals surface area contributed by atoms with Crippen LogP contribution in [0.2, 0.25) is 0 Å². The highest BCUT2D eigenvalue weighted by molar-refractivity contribution is 5.94. The predicted octanol–water partition coefficient (Wildman–Crippen LogP) is 2.60. The Morgan fingerprint density at radius 3 is 2.50 bits per heavy atom. The van der Waals surface area contributed by atoms with E-state index in [1.54, 1.807) is 0 Å². The molecule has 1 rings (SSSR count). The first-order valence-electron chi connectivity index (χ1n) is 4.45. The number of allylic oxidation sites excluding steroid dienone is 2. The van der Waals surface area contributed by atoms with E-state index in [4.69, 9.17) is 0 Å². The minimum atomic E-state index is -0.0915. The van der Waals surface area contributed by atoms with Gasteiger partial charge in [0.25, 0.3) is 0 Å². The van der Waals surface area contributed by atoms with E-state index in [9.17, 15) is 9.90 Å². The van der Waals surface area contributed by atoms with Crippen molar-refractivity contribution in [3.8, 4) is 0 Å². The Kier molecular flexibility index (Phi) is 2.27. The van der Waals surface area contributed by atoms with Gasteiger partial charge in [0.1, 0.15) is 0 Å². The van der Waals surface area contributed by atoms with Gasteiger partial charge < -0.3 is 5.11 Å². The van der Waals surface area contributed by atoms with Crippen molar-refractivity contribution < 1.29 is 9.90 Å². The van der Waals surface area contributed by atoms with Crippen LogP contribution < -0.4 is 0 Å². The van der Waals surface area contributed by atoms with Crippen molar-refractivity contribution in [2.75, 3.05) is 0 Å². The molecule has 1 aliphatic carbocycles. The Morgan fingerprint density at radius 1 is 1.50 bits per heavy atom. The molecule has 0 heterocycles. The molecule has 0 saturated heterocycles. The number of carbonyl (C=O) groups excluding carboxylic acids is 1. The third kappa shape index (κ3) is 1.38. The topological polar surface area (TPSA) is 37.3 Å². The molecule has 0 aliphatic heterocycles. The van der Waals surface area contributed by atoms with Crippen molar-refractivity contribution in [3.63, 3.8) is 0 Å². The summed E-state index contributed by atoms with van der Waals surface area (Å²) in [6, 6.07) is 0. The number of ketones is 1. The molecule has 0 unspecified atom stereocenters. The SMILES string of the molecule is CCC1=C(O)C(=O)CCC1(C)C. The van der Waals surface area contributed by atoms with Crippen LogP contribution in [-0.2, 0) is 4.79 Å². The molecular weight excluding hydrogens is 152 g/mol. The van der Waals surface area contributed by atoms with E-state index < -0.39 is 0 Å². The summed E-state index contributed by atoms with van der Waals surface area (Å²) in [6.07, 6.45) is 2.12. The number of rotatable bonds is 1. The monoisotopic (exact) mass is 168 g/mol. The van der Waals surface area contributed by atoms with Crippen LogP contribution in [0.25, 0.3) is 0 Å². The molecule has 0 saturated carbocycles. The van der Waals surface area contributed by atoms with E-state index in [2.05, 4.69) is 13.8 Å². The van der Waals surface area contributed by atoms with Crippen LogP contribution in [0.3, 0.4) is 0 Å². The van der Waals surface area contributed by atoms with Gasteiger partial charge in [-0.2, -0.15) is 0 Å². The second-order valence-electron chi connectivity index (χ2n) is 3.99. The lowest BCUT2D eigenvalue weighted by Gasteiger charge is -2.31. The Bertz CT molecular complexity index is 236.